The summed E-state index contributed by atoms with van der Waals surface area (Å²) in [5, 5.41) is 3.11. The molecule has 0 radical (unpaired) electrons. The lowest BCUT2D eigenvalue weighted by molar-refractivity contribution is -0.123. The molecule has 38 heavy (non-hydrogen) atoms. The van der Waals surface area contributed by atoms with Gasteiger partial charge in [-0.3, -0.25) is 19.3 Å². The second-order valence-corrected chi connectivity index (χ2v) is 10.3. The monoisotopic (exact) mass is 538 g/mol. The van der Waals surface area contributed by atoms with Crippen molar-refractivity contribution >= 4 is 46.3 Å². The van der Waals surface area contributed by atoms with Crippen LogP contribution >= 0.6 is 11.5 Å². The molecule has 1 atom stereocenters. The number of hydrogen-bond acceptors (Lipinski definition) is 7. The Labute approximate surface area is 224 Å². The van der Waals surface area contributed by atoms with E-state index in [4.69, 9.17) is 11.5 Å². The van der Waals surface area contributed by atoms with Crippen molar-refractivity contribution in [2.45, 2.75) is 44.2 Å². The predicted molar refractivity (Wildman–Crippen MR) is 147 cm³/mol. The zero-order valence-electron chi connectivity index (χ0n) is 21.3. The van der Waals surface area contributed by atoms with Gasteiger partial charge in [0.05, 0.1) is 5.69 Å². The van der Waals surface area contributed by atoms with Crippen molar-refractivity contribution < 1.29 is 18.8 Å². The highest BCUT2D eigenvalue weighted by atomic mass is 32.1. The first kappa shape index (κ1) is 27.1. The third-order valence-electron chi connectivity index (χ3n) is 6.64. The number of rotatable bonds is 8. The van der Waals surface area contributed by atoms with E-state index in [2.05, 4.69) is 9.69 Å². The summed E-state index contributed by atoms with van der Waals surface area (Å²) in [5.41, 5.74) is 12.6. The zero-order valence-corrected chi connectivity index (χ0v) is 22.1. The molecule has 5 N–H and O–H groups in total. The number of carbonyl (C=O) groups is 3. The lowest BCUT2D eigenvalue weighted by Crippen LogP contribution is -2.47. The fraction of sp³-hybridized carbons (Fsp3) is 0.333. The van der Waals surface area contributed by atoms with Gasteiger partial charge in [-0.15, -0.1) is 0 Å². The van der Waals surface area contributed by atoms with Crippen molar-refractivity contribution in [3.63, 3.8) is 0 Å². The van der Waals surface area contributed by atoms with E-state index in [1.807, 2.05) is 31.1 Å². The molecule has 200 valence electrons. The summed E-state index contributed by atoms with van der Waals surface area (Å²) in [6, 6.07) is 11.5. The molecule has 1 aromatic heterocycles. The summed E-state index contributed by atoms with van der Waals surface area (Å²) in [6.45, 7) is 0. The number of carbonyl (C=O) groups excluding carboxylic acids is 3. The number of hydrogen-bond donors (Lipinski definition) is 3. The maximum Gasteiger partial charge on any atom is 0.273 e. The minimum Gasteiger partial charge on any atom is -0.395 e. The number of aromatic nitrogens is 1. The Morgan fingerprint density at radius 1 is 1.05 bits per heavy atom. The second kappa shape index (κ2) is 11.6. The van der Waals surface area contributed by atoms with Gasteiger partial charge in [-0.25, -0.2) is 4.39 Å². The van der Waals surface area contributed by atoms with Crippen molar-refractivity contribution in [3.05, 3.63) is 70.5 Å². The van der Waals surface area contributed by atoms with Gasteiger partial charge >= 0.3 is 0 Å². The van der Waals surface area contributed by atoms with Crippen LogP contribution in [-0.4, -0.2) is 42.2 Å². The minimum absolute atomic E-state index is 0.0285. The van der Waals surface area contributed by atoms with Crippen molar-refractivity contribution in [2.75, 3.05) is 29.6 Å². The van der Waals surface area contributed by atoms with Gasteiger partial charge in [-0.1, -0.05) is 37.5 Å². The van der Waals surface area contributed by atoms with Gasteiger partial charge in [0.2, 0.25) is 5.91 Å². The van der Waals surface area contributed by atoms with E-state index >= 15 is 0 Å². The Morgan fingerprint density at radius 3 is 2.32 bits per heavy atom. The lowest BCUT2D eigenvalue weighted by Gasteiger charge is -2.33. The first-order valence-electron chi connectivity index (χ1n) is 12.4. The van der Waals surface area contributed by atoms with E-state index in [0.29, 0.717) is 17.1 Å². The molecule has 4 rings (SSSR count). The molecular weight excluding hydrogens is 507 g/mol. The molecule has 0 spiro atoms. The van der Waals surface area contributed by atoms with Crippen LogP contribution in [0.25, 0.3) is 0 Å². The second-order valence-electron chi connectivity index (χ2n) is 9.53. The molecule has 9 nitrogen and oxygen atoms in total. The number of primary amides is 1. The van der Waals surface area contributed by atoms with Gasteiger partial charge in [0.15, 0.2) is 5.69 Å². The summed E-state index contributed by atoms with van der Waals surface area (Å²) in [5.74, 6) is -2.55. The fourth-order valence-corrected chi connectivity index (χ4v) is 5.39. The van der Waals surface area contributed by atoms with E-state index in [0.717, 1.165) is 37.8 Å². The number of halogens is 1. The van der Waals surface area contributed by atoms with Crippen LogP contribution in [0, 0.1) is 5.82 Å². The molecule has 11 heteroatoms. The van der Waals surface area contributed by atoms with Gasteiger partial charge in [0, 0.05) is 31.5 Å². The molecule has 1 heterocycles. The van der Waals surface area contributed by atoms with Crippen molar-refractivity contribution in [3.8, 4) is 0 Å². The largest absolute Gasteiger partial charge is 0.395 e. The molecule has 0 saturated heterocycles. The van der Waals surface area contributed by atoms with E-state index in [1.165, 1.54) is 23.1 Å². The van der Waals surface area contributed by atoms with E-state index in [1.54, 1.807) is 18.2 Å². The van der Waals surface area contributed by atoms with Gasteiger partial charge in [-0.05, 0) is 60.3 Å². The van der Waals surface area contributed by atoms with Gasteiger partial charge < -0.3 is 21.7 Å². The smallest absolute Gasteiger partial charge is 0.273 e. The Bertz CT molecular complexity index is 1320. The predicted octanol–water partition coefficient (Wildman–Crippen LogP) is 3.87. The molecule has 1 fully saturated rings. The highest BCUT2D eigenvalue weighted by molar-refractivity contribution is 7.09. The molecule has 1 saturated carbocycles. The third-order valence-corrected chi connectivity index (χ3v) is 7.50. The molecule has 0 bridgehead atoms. The van der Waals surface area contributed by atoms with Crippen LogP contribution in [0.4, 0.5) is 21.5 Å². The van der Waals surface area contributed by atoms with E-state index in [-0.39, 0.29) is 28.0 Å². The summed E-state index contributed by atoms with van der Waals surface area (Å²) in [7, 11) is 3.79. The first-order valence-corrected chi connectivity index (χ1v) is 13.2. The molecule has 3 aromatic rings. The van der Waals surface area contributed by atoms with Crippen molar-refractivity contribution in [2.24, 2.45) is 5.73 Å². The van der Waals surface area contributed by atoms with Crippen molar-refractivity contribution in [1.82, 2.24) is 9.69 Å². The number of anilines is 3. The van der Waals surface area contributed by atoms with Crippen LogP contribution in [0.3, 0.4) is 0 Å². The Balaban J connectivity index is 1.84. The summed E-state index contributed by atoms with van der Waals surface area (Å²) < 4.78 is 18.4. The van der Waals surface area contributed by atoms with Crippen LogP contribution in [0.2, 0.25) is 0 Å². The summed E-state index contributed by atoms with van der Waals surface area (Å²) in [6.07, 6.45) is 4.81. The van der Waals surface area contributed by atoms with E-state index in [9.17, 15) is 18.8 Å². The number of amides is 3. The fourth-order valence-electron chi connectivity index (χ4n) is 4.65. The normalized spacial score (nSPS) is 14.5. The van der Waals surface area contributed by atoms with E-state index < -0.39 is 29.6 Å². The minimum atomic E-state index is -1.15. The zero-order chi connectivity index (χ0) is 27.4. The summed E-state index contributed by atoms with van der Waals surface area (Å²) >= 11 is 0.707. The Hall–Kier alpha value is -3.99. The van der Waals surface area contributed by atoms with Crippen molar-refractivity contribution in [1.29, 1.82) is 0 Å². The molecule has 0 aliphatic heterocycles. The molecule has 1 aliphatic rings. The SMILES string of the molecule is CN(C)c1ccc([C@@H](C(=O)NC2CCCCC2)N(C(=O)c2snc(C(N)=O)c2N)c2cccc(F)c2)cc1. The molecular formula is C27H31FN6O3S. The van der Waals surface area contributed by atoms with Gasteiger partial charge in [0.25, 0.3) is 11.8 Å². The maximum absolute atomic E-state index is 14.4. The van der Waals surface area contributed by atoms with Gasteiger partial charge in [-0.2, -0.15) is 4.37 Å². The Morgan fingerprint density at radius 2 is 1.74 bits per heavy atom. The average molecular weight is 539 g/mol. The number of nitrogens with one attached hydrogen (secondary N) is 1. The Kier molecular flexibility index (Phi) is 8.26. The number of nitrogen functional groups attached to an aromatic ring is 1. The lowest BCUT2D eigenvalue weighted by atomic mass is 9.94. The van der Waals surface area contributed by atoms with Crippen LogP contribution in [-0.2, 0) is 4.79 Å². The standard InChI is InChI=1S/C27H31FN6O3S/c1-33(2)19-13-11-16(12-14-19)23(26(36)31-18-8-4-3-5-9-18)34(20-10-6-7-17(28)15-20)27(37)24-21(29)22(25(30)35)32-38-24/h6-7,10-15,18,23H,3-5,8-9,29H2,1-2H3,(H2,30,35)(H,31,36)/t23-/m0/s1. The third kappa shape index (κ3) is 5.77. The maximum atomic E-state index is 14.4. The van der Waals surface area contributed by atoms with Gasteiger partial charge in [0.1, 0.15) is 16.7 Å². The molecule has 0 unspecified atom stereocenters. The van der Waals surface area contributed by atoms with Crippen LogP contribution in [0.1, 0.15) is 63.9 Å². The quantitative estimate of drug-likeness (QED) is 0.399. The molecule has 3 amide bonds. The van der Waals surface area contributed by atoms with Crippen LogP contribution in [0.5, 0.6) is 0 Å². The number of nitrogens with two attached hydrogens (primary N) is 2. The molecule has 1 aliphatic carbocycles. The average Bonchev–Trinajstić information content (AvgIpc) is 3.29. The summed E-state index contributed by atoms with van der Waals surface area (Å²) in [4.78, 5) is 42.8. The highest BCUT2D eigenvalue weighted by Gasteiger charge is 2.37. The number of nitrogens with zero attached hydrogens (tertiary/aromatic N) is 3. The van der Waals surface area contributed by atoms with Crippen LogP contribution in [0.15, 0.2) is 48.5 Å². The molecule has 2 aromatic carbocycles. The number of benzene rings is 2. The first-order chi connectivity index (χ1) is 18.2. The highest BCUT2D eigenvalue weighted by Crippen LogP contribution is 2.34. The topological polar surface area (TPSA) is 135 Å². The van der Waals surface area contributed by atoms with Crippen LogP contribution < -0.4 is 26.6 Å².